The van der Waals surface area contributed by atoms with Crippen LogP contribution in [-0.2, 0) is 71.5 Å². The van der Waals surface area contributed by atoms with Gasteiger partial charge in [-0.05, 0) is 12.0 Å². The van der Waals surface area contributed by atoms with Crippen molar-refractivity contribution in [3.05, 3.63) is 51.0 Å². The molecule has 0 bridgehead atoms. The largest absolute Gasteiger partial charge is 0.480 e. The van der Waals surface area contributed by atoms with Gasteiger partial charge in [-0.1, -0.05) is 11.9 Å². The number of aliphatic hydroxyl groups is 3. The number of phosphoric ester groups is 2. The number of carbonyl (C=O) groups is 1. The highest BCUT2D eigenvalue weighted by Crippen LogP contribution is 2.63. The van der Waals surface area contributed by atoms with Crippen LogP contribution in [0.25, 0.3) is 28.0 Å². The molecule has 0 aliphatic carbocycles. The minimum absolute atomic E-state index is 0.00366. The Morgan fingerprint density at radius 3 is 2.18 bits per heavy atom. The van der Waals surface area contributed by atoms with Crippen LogP contribution in [-0.4, -0.2) is 185 Å². The number of imidazole rings is 3. The van der Waals surface area contributed by atoms with Crippen LogP contribution >= 0.6 is 31.1 Å². The molecule has 0 radical (unpaired) electrons. The standard InChI is InChI=1S/C40H58N16O23P4/c1-6-16-7-8-44-31-23(22(16)41)45-13-54(31)38-30(71-5)29(78-82(67,68)73-11-19-27(59)28(60)37(76-19)55-14-46-24-32(55)47-39(42)49-34(24)61)20(77-38)12-74-83(69,70)79-81(65,66)51-80(63,64)72-10-18-17(9-21(57)52(2)3)26(58)36(75-18)56-15-53(4)25-33(56)48-40(43)50-35(25)62/h8,13-15,17-20,26-30,36-38,58-60H,6-7,9-12,41H2,1-5H3,(H10-,42,43,47,48,49,50,51,61,62,63,64,65,66,67,68,69,70)/p+1/t17-,18-,19-,20-,26-,27-,28-,29-,30-,36-,37-,38-/m1/s1. The maximum Gasteiger partial charge on any atom is 0.480 e. The number of methoxy groups -OCH3 is 1. The SMILES string of the molecule is CCC1=C(N)c2ncn([C@@H]3O[C@H](COP(=O)(O)OP(=O)(O)NP(=O)(O)OC[C@H]4O[C@@H]([n+]5cn(C)c6c(=O)[nH]c(N)nc65)[C@H](O)[C@@H]4CC(=O)N(C)C)[C@@H](OP(=O)(O)OC[C@H]4O[C@@H](n5cnc6c(=O)[nH]c(N)nc65)[C@H](O)[C@@H]4O)[C@H]3OC)c2N=CC1. The molecule has 39 nitrogen and oxygen atoms in total. The highest BCUT2D eigenvalue weighted by molar-refractivity contribution is 7.71. The number of hydrogen-bond donors (Lipinski definition) is 13. The van der Waals surface area contributed by atoms with Gasteiger partial charge < -0.3 is 75.9 Å². The van der Waals surface area contributed by atoms with Crippen molar-refractivity contribution in [3.8, 4) is 0 Å². The number of aromatic nitrogens is 10. The molecule has 16 N–H and O–H groups in total. The first-order valence-electron chi connectivity index (χ1n) is 24.7. The summed E-state index contributed by atoms with van der Waals surface area (Å²) in [6, 6.07) is 0. The van der Waals surface area contributed by atoms with E-state index >= 15 is 0 Å². The van der Waals surface area contributed by atoms with Crippen molar-refractivity contribution in [1.29, 1.82) is 0 Å². The van der Waals surface area contributed by atoms with Gasteiger partial charge in [0.25, 0.3) is 17.1 Å². The molecule has 83 heavy (non-hydrogen) atoms. The van der Waals surface area contributed by atoms with Crippen molar-refractivity contribution in [3.63, 3.8) is 0 Å². The molecule has 0 aromatic carbocycles. The topological polar surface area (TPSA) is 552 Å². The quantitative estimate of drug-likeness (QED) is 0.0247. The molecule has 4 aliphatic heterocycles. The average molecular weight is 1260 g/mol. The van der Waals surface area contributed by atoms with Gasteiger partial charge in [0.2, 0.25) is 23.6 Å². The van der Waals surface area contributed by atoms with Crippen LogP contribution in [0.4, 0.5) is 17.7 Å². The van der Waals surface area contributed by atoms with Gasteiger partial charge in [-0.25, -0.2) is 37.8 Å². The second-order valence-corrected chi connectivity index (χ2v) is 25.8. The van der Waals surface area contributed by atoms with Crippen LogP contribution < -0.4 is 37.7 Å². The summed E-state index contributed by atoms with van der Waals surface area (Å²) in [5.41, 5.74) is 17.4. The van der Waals surface area contributed by atoms with E-state index in [0.29, 0.717) is 12.8 Å². The minimum atomic E-state index is -5.99. The number of allylic oxidation sites excluding steroid dienone is 1. The maximum absolute atomic E-state index is 13.9. The van der Waals surface area contributed by atoms with Crippen molar-refractivity contribution >= 4 is 89.0 Å². The Kier molecular flexibility index (Phi) is 17.7. The second-order valence-electron chi connectivity index (χ2n) is 19.4. The molecule has 5 aromatic heterocycles. The third-order valence-electron chi connectivity index (χ3n) is 13.7. The number of anilines is 2. The number of nitrogens with one attached hydrogen (secondary N) is 3. The minimum Gasteiger partial charge on any atom is -0.397 e. The van der Waals surface area contributed by atoms with E-state index < -0.39 is 148 Å². The number of nitrogens with two attached hydrogens (primary N) is 3. The van der Waals surface area contributed by atoms with Gasteiger partial charge in [-0.3, -0.25) is 56.1 Å². The van der Waals surface area contributed by atoms with Crippen molar-refractivity contribution < 1.29 is 104 Å². The predicted molar refractivity (Wildman–Crippen MR) is 278 cm³/mol. The molecule has 3 fully saturated rings. The number of hydrogen-bond acceptors (Lipinski definition) is 27. The number of ether oxygens (including phenoxy) is 4. The van der Waals surface area contributed by atoms with Gasteiger partial charge in [0.1, 0.15) is 48.4 Å². The lowest BCUT2D eigenvalue weighted by Crippen LogP contribution is -2.45. The lowest BCUT2D eigenvalue weighted by Gasteiger charge is -2.26. The predicted octanol–water partition coefficient (Wildman–Crippen LogP) is -2.74. The van der Waals surface area contributed by atoms with Crippen LogP contribution in [0.1, 0.15) is 50.6 Å². The Balaban J connectivity index is 0.895. The molecule has 9 rings (SSSR count). The zero-order valence-corrected chi connectivity index (χ0v) is 47.7. The molecule has 43 heteroatoms. The molecule has 16 atom stereocenters. The number of nitrogens with zero attached hydrogens (tertiary/aromatic N) is 10. The van der Waals surface area contributed by atoms with Crippen molar-refractivity contribution in [2.45, 2.75) is 93.7 Å². The van der Waals surface area contributed by atoms with E-state index in [1.807, 2.05) is 6.92 Å². The van der Waals surface area contributed by atoms with E-state index in [4.69, 9.17) is 54.2 Å². The van der Waals surface area contributed by atoms with Gasteiger partial charge in [0.05, 0.1) is 51.3 Å². The summed E-state index contributed by atoms with van der Waals surface area (Å²) < 4.78 is 108. The molecule has 3 saturated heterocycles. The van der Waals surface area contributed by atoms with Gasteiger partial charge in [0.15, 0.2) is 35.8 Å². The fourth-order valence-electron chi connectivity index (χ4n) is 9.72. The normalized spacial score (nSPS) is 29.4. The molecule has 0 spiro atoms. The number of aromatic amines is 2. The molecular formula is C40H59N16O23P4+. The van der Waals surface area contributed by atoms with Crippen LogP contribution in [0.5, 0.6) is 0 Å². The third-order valence-corrected chi connectivity index (χ3v) is 19.4. The Bertz CT molecular complexity index is 3680. The molecular weight excluding hydrogens is 1200 g/mol. The highest BCUT2D eigenvalue weighted by atomic mass is 31.3. The van der Waals surface area contributed by atoms with Gasteiger partial charge >= 0.3 is 36.8 Å². The van der Waals surface area contributed by atoms with E-state index in [9.17, 15) is 67.5 Å². The smallest absolute Gasteiger partial charge is 0.397 e. The van der Waals surface area contributed by atoms with Gasteiger partial charge in [0, 0.05) is 46.2 Å². The number of fused-ring (bicyclic) bond motifs is 3. The summed E-state index contributed by atoms with van der Waals surface area (Å²) in [4.78, 5) is 109. The number of aliphatic imine (C=N–C) groups is 1. The molecule has 4 unspecified atom stereocenters. The van der Waals surface area contributed by atoms with E-state index in [-0.39, 0.29) is 51.4 Å². The first-order valence-corrected chi connectivity index (χ1v) is 30.8. The number of nitrogen functional groups attached to an aromatic ring is 2. The van der Waals surface area contributed by atoms with Crippen LogP contribution in [0.2, 0.25) is 0 Å². The monoisotopic (exact) mass is 1260 g/mol. The number of H-pyrrole nitrogens is 2. The van der Waals surface area contributed by atoms with Crippen LogP contribution in [0.3, 0.4) is 0 Å². The van der Waals surface area contributed by atoms with E-state index in [1.54, 1.807) is 0 Å². The number of phosphoric acid groups is 2. The second kappa shape index (κ2) is 23.7. The summed E-state index contributed by atoms with van der Waals surface area (Å²) in [6.07, 6.45) is -12.2. The molecule has 456 valence electrons. The van der Waals surface area contributed by atoms with Gasteiger partial charge in [-0.15, -0.1) is 4.86 Å². The Hall–Kier alpha value is -5.57. The molecule has 5 aromatic rings. The first kappa shape index (κ1) is 62.0. The van der Waals surface area contributed by atoms with E-state index in [2.05, 4.69) is 39.2 Å². The number of rotatable bonds is 22. The van der Waals surface area contributed by atoms with E-state index in [0.717, 1.165) is 23.6 Å². The lowest BCUT2D eigenvalue weighted by molar-refractivity contribution is -0.745. The number of aryl methyl sites for hydroxylation is 1. The lowest BCUT2D eigenvalue weighted by atomic mass is 9.94. The number of carbonyl (C=O) groups excluding carboxylic acids is 1. The summed E-state index contributed by atoms with van der Waals surface area (Å²) in [6.45, 7) is -1.34. The van der Waals surface area contributed by atoms with Gasteiger partial charge in [-0.2, -0.15) is 9.29 Å². The Morgan fingerprint density at radius 2 is 1.48 bits per heavy atom. The zero-order chi connectivity index (χ0) is 60.4. The Labute approximate surface area is 465 Å². The fraction of sp³-hybridized carbons (Fsp3) is 0.575. The molecule has 1 amide bonds. The molecule has 9 heterocycles. The first-order chi connectivity index (χ1) is 38.9. The summed E-state index contributed by atoms with van der Waals surface area (Å²) in [5.74, 6) is -2.25. The fourth-order valence-corrected chi connectivity index (χ4v) is 14.7. The molecule has 4 aliphatic rings. The van der Waals surface area contributed by atoms with Crippen LogP contribution in [0.15, 0.2) is 39.1 Å². The van der Waals surface area contributed by atoms with Crippen molar-refractivity contribution in [1.82, 2.24) is 53.4 Å². The highest BCUT2D eigenvalue weighted by Gasteiger charge is 2.54. The third kappa shape index (κ3) is 12.9. The summed E-state index contributed by atoms with van der Waals surface area (Å²) in [5, 5.41) is 33.4. The van der Waals surface area contributed by atoms with Crippen molar-refractivity contribution in [2.24, 2.45) is 23.7 Å². The maximum atomic E-state index is 13.9. The average Bonchev–Trinajstić information content (AvgIpc) is 4.14. The van der Waals surface area contributed by atoms with Crippen LogP contribution in [0, 0.1) is 5.92 Å². The summed E-state index contributed by atoms with van der Waals surface area (Å²) in [7, 11) is -17.6. The molecule has 0 saturated carbocycles. The summed E-state index contributed by atoms with van der Waals surface area (Å²) >= 11 is 0. The Morgan fingerprint density at radius 1 is 0.831 bits per heavy atom. The number of aliphatic hydroxyl groups excluding tert-OH is 3. The zero-order valence-electron chi connectivity index (χ0n) is 44.1. The van der Waals surface area contributed by atoms with E-state index in [1.165, 1.54) is 63.5 Å². The number of amides is 1. The van der Waals surface area contributed by atoms with Crippen molar-refractivity contribution in [2.75, 3.05) is 52.5 Å².